The van der Waals surface area contributed by atoms with Gasteiger partial charge in [-0.1, -0.05) is 18.6 Å². The van der Waals surface area contributed by atoms with Gasteiger partial charge in [0.15, 0.2) is 0 Å². The fourth-order valence-corrected chi connectivity index (χ4v) is 4.37. The van der Waals surface area contributed by atoms with E-state index in [1.54, 1.807) is 12.4 Å². The summed E-state index contributed by atoms with van der Waals surface area (Å²) in [6, 6.07) is 12.1. The molecule has 1 aromatic carbocycles. The number of fused-ring (bicyclic) bond motifs is 1. The molecule has 0 radical (unpaired) electrons. The molecule has 1 fully saturated rings. The summed E-state index contributed by atoms with van der Waals surface area (Å²) in [5.41, 5.74) is 2.58. The van der Waals surface area contributed by atoms with Crippen LogP contribution in [0.5, 0.6) is 0 Å². The quantitative estimate of drug-likeness (QED) is 0.638. The van der Waals surface area contributed by atoms with E-state index in [4.69, 9.17) is 0 Å². The zero-order valence-corrected chi connectivity index (χ0v) is 16.3. The topological polar surface area (TPSA) is 61.0 Å². The maximum Gasteiger partial charge on any atom is 0.268 e. The number of carbonyl (C=O) groups excluding carboxylic acids is 1. The number of piperidine rings is 1. The van der Waals surface area contributed by atoms with Gasteiger partial charge in [-0.2, -0.15) is 0 Å². The van der Waals surface area contributed by atoms with Crippen LogP contribution >= 0.6 is 11.9 Å². The van der Waals surface area contributed by atoms with Gasteiger partial charge in [-0.15, -0.1) is 0 Å². The van der Waals surface area contributed by atoms with Crippen LogP contribution in [0.3, 0.4) is 0 Å². The van der Waals surface area contributed by atoms with Crippen LogP contribution in [0.1, 0.15) is 48.3 Å². The second kappa shape index (κ2) is 8.15. The number of H-pyrrole nitrogens is 1. The number of pyridine rings is 1. The lowest BCUT2D eigenvalue weighted by atomic mass is 10.1. The molecule has 1 amide bonds. The van der Waals surface area contributed by atoms with Gasteiger partial charge in [0.05, 0.1) is 6.04 Å². The van der Waals surface area contributed by atoms with Crippen molar-refractivity contribution in [2.45, 2.75) is 37.1 Å². The van der Waals surface area contributed by atoms with Crippen molar-refractivity contribution in [2.75, 3.05) is 13.1 Å². The first-order valence-electron chi connectivity index (χ1n) is 9.45. The minimum Gasteiger partial charge on any atom is -0.350 e. The number of nitrogens with one attached hydrogen (secondary N) is 2. The Hall–Kier alpha value is -2.31. The van der Waals surface area contributed by atoms with E-state index in [9.17, 15) is 4.79 Å². The molecular weight excluding hydrogens is 356 g/mol. The van der Waals surface area contributed by atoms with Gasteiger partial charge in [0.1, 0.15) is 5.69 Å². The highest BCUT2D eigenvalue weighted by molar-refractivity contribution is 7.97. The highest BCUT2D eigenvalue weighted by Gasteiger charge is 2.15. The normalized spacial score (nSPS) is 16.3. The van der Waals surface area contributed by atoms with E-state index in [1.807, 2.05) is 31.0 Å². The molecule has 0 aliphatic carbocycles. The molecule has 3 aromatic rings. The fourth-order valence-electron chi connectivity index (χ4n) is 3.37. The van der Waals surface area contributed by atoms with E-state index in [-0.39, 0.29) is 11.9 Å². The van der Waals surface area contributed by atoms with Gasteiger partial charge in [0, 0.05) is 41.3 Å². The Morgan fingerprint density at radius 2 is 1.96 bits per heavy atom. The van der Waals surface area contributed by atoms with Crippen molar-refractivity contribution in [3.63, 3.8) is 0 Å². The Morgan fingerprint density at radius 3 is 2.70 bits per heavy atom. The molecular formula is C21H24N4OS. The minimum atomic E-state index is -0.106. The van der Waals surface area contributed by atoms with Gasteiger partial charge in [-0.3, -0.25) is 9.78 Å². The van der Waals surface area contributed by atoms with E-state index in [0.717, 1.165) is 16.5 Å². The van der Waals surface area contributed by atoms with E-state index >= 15 is 0 Å². The molecule has 1 unspecified atom stereocenters. The molecule has 27 heavy (non-hydrogen) atoms. The number of benzene rings is 1. The summed E-state index contributed by atoms with van der Waals surface area (Å²) < 4.78 is 2.44. The second-order valence-corrected chi connectivity index (χ2v) is 8.16. The molecule has 1 aliphatic rings. The number of carbonyl (C=O) groups is 1. The molecule has 1 atom stereocenters. The summed E-state index contributed by atoms with van der Waals surface area (Å²) in [6.45, 7) is 4.34. The molecule has 3 heterocycles. The number of aromatic amines is 1. The summed E-state index contributed by atoms with van der Waals surface area (Å²) in [7, 11) is 0. The first-order valence-corrected chi connectivity index (χ1v) is 10.2. The van der Waals surface area contributed by atoms with Crippen molar-refractivity contribution in [1.29, 1.82) is 0 Å². The Bertz CT molecular complexity index is 882. The van der Waals surface area contributed by atoms with Crippen molar-refractivity contribution in [2.24, 2.45) is 0 Å². The molecule has 6 heteroatoms. The van der Waals surface area contributed by atoms with Crippen molar-refractivity contribution in [3.05, 3.63) is 60.0 Å². The number of amides is 1. The predicted octanol–water partition coefficient (Wildman–Crippen LogP) is 4.55. The zero-order valence-electron chi connectivity index (χ0n) is 15.4. The number of hydrogen-bond donors (Lipinski definition) is 2. The first-order chi connectivity index (χ1) is 13.2. The summed E-state index contributed by atoms with van der Waals surface area (Å²) in [4.78, 5) is 21.0. The van der Waals surface area contributed by atoms with Gasteiger partial charge in [-0.05, 0) is 61.5 Å². The molecule has 1 saturated heterocycles. The largest absolute Gasteiger partial charge is 0.350 e. The Labute approximate surface area is 163 Å². The second-order valence-electron chi connectivity index (χ2n) is 6.99. The lowest BCUT2D eigenvalue weighted by Crippen LogP contribution is -2.26. The number of nitrogens with zero attached hydrogens (tertiary/aromatic N) is 2. The smallest absolute Gasteiger partial charge is 0.268 e. The maximum atomic E-state index is 12.6. The van der Waals surface area contributed by atoms with Gasteiger partial charge in [-0.25, -0.2) is 4.31 Å². The standard InChI is InChI=1S/C21H24N4OS/c1-15(23-21(26)20-13-17-14-22-10-9-19(17)24-20)16-5-7-18(8-6-16)27-25-11-3-2-4-12-25/h5-10,13-15,24H,2-4,11-12H2,1H3,(H,23,26). The number of aromatic nitrogens is 2. The third-order valence-corrected chi connectivity index (χ3v) is 6.05. The van der Waals surface area contributed by atoms with Crippen LogP contribution in [0.25, 0.3) is 10.9 Å². The van der Waals surface area contributed by atoms with Gasteiger partial charge < -0.3 is 10.3 Å². The monoisotopic (exact) mass is 380 g/mol. The van der Waals surface area contributed by atoms with E-state index in [1.165, 1.54) is 37.2 Å². The highest BCUT2D eigenvalue weighted by Crippen LogP contribution is 2.27. The molecule has 2 aromatic heterocycles. The molecule has 140 valence electrons. The molecule has 0 spiro atoms. The van der Waals surface area contributed by atoms with E-state index < -0.39 is 0 Å². The molecule has 5 nitrogen and oxygen atoms in total. The predicted molar refractivity (Wildman–Crippen MR) is 110 cm³/mol. The Morgan fingerprint density at radius 1 is 1.19 bits per heavy atom. The molecule has 0 bridgehead atoms. The van der Waals surface area contributed by atoms with Gasteiger partial charge in [0.2, 0.25) is 0 Å². The van der Waals surface area contributed by atoms with Crippen LogP contribution in [0.2, 0.25) is 0 Å². The lowest BCUT2D eigenvalue weighted by Gasteiger charge is -2.25. The summed E-state index contributed by atoms with van der Waals surface area (Å²) >= 11 is 1.83. The number of hydrogen-bond acceptors (Lipinski definition) is 4. The van der Waals surface area contributed by atoms with Gasteiger partial charge >= 0.3 is 0 Å². The molecule has 4 rings (SSSR count). The average molecular weight is 381 g/mol. The van der Waals surface area contributed by atoms with Crippen molar-refractivity contribution in [1.82, 2.24) is 19.6 Å². The van der Waals surface area contributed by atoms with Crippen LogP contribution < -0.4 is 5.32 Å². The molecule has 0 saturated carbocycles. The van der Waals surface area contributed by atoms with Crippen molar-refractivity contribution in [3.8, 4) is 0 Å². The third-order valence-electron chi connectivity index (χ3n) is 4.94. The van der Waals surface area contributed by atoms with Crippen LogP contribution in [-0.4, -0.2) is 33.3 Å². The van der Waals surface area contributed by atoms with Crippen molar-refractivity contribution >= 4 is 28.8 Å². The Kier molecular flexibility index (Phi) is 5.45. The lowest BCUT2D eigenvalue weighted by molar-refractivity contribution is 0.0935. The first kappa shape index (κ1) is 18.1. The van der Waals surface area contributed by atoms with Crippen molar-refractivity contribution < 1.29 is 4.79 Å². The SMILES string of the molecule is CC(NC(=O)c1cc2cnccc2[nH]1)c1ccc(SN2CCCCC2)cc1. The van der Waals surface area contributed by atoms with Crippen LogP contribution in [-0.2, 0) is 0 Å². The fraction of sp³-hybridized carbons (Fsp3) is 0.333. The van der Waals surface area contributed by atoms with Crippen LogP contribution in [0.4, 0.5) is 0 Å². The third kappa shape index (κ3) is 4.34. The van der Waals surface area contributed by atoms with E-state index in [0.29, 0.717) is 5.69 Å². The van der Waals surface area contributed by atoms with E-state index in [2.05, 4.69) is 43.9 Å². The van der Waals surface area contributed by atoms with Crippen LogP contribution in [0.15, 0.2) is 53.7 Å². The maximum absolute atomic E-state index is 12.6. The van der Waals surface area contributed by atoms with Crippen LogP contribution in [0, 0.1) is 0 Å². The highest BCUT2D eigenvalue weighted by atomic mass is 32.2. The average Bonchev–Trinajstić information content (AvgIpc) is 3.14. The number of rotatable bonds is 5. The summed E-state index contributed by atoms with van der Waals surface area (Å²) in [5, 5.41) is 4.01. The summed E-state index contributed by atoms with van der Waals surface area (Å²) in [6.07, 6.45) is 7.40. The molecule has 2 N–H and O–H groups in total. The molecule has 1 aliphatic heterocycles. The van der Waals surface area contributed by atoms with Gasteiger partial charge in [0.25, 0.3) is 5.91 Å². The minimum absolute atomic E-state index is 0.0592. The Balaban J connectivity index is 1.38. The summed E-state index contributed by atoms with van der Waals surface area (Å²) in [5.74, 6) is -0.106. The zero-order chi connectivity index (χ0) is 18.6.